The first-order chi connectivity index (χ1) is 15.3. The van der Waals surface area contributed by atoms with Crippen molar-refractivity contribution in [2.45, 2.75) is 20.8 Å². The standard InChI is InChI=1S/C26H27N3O3/c1-17-4-7-21(8-5-17)26(32)29-23-12-10-20(11-13-23)24(30)27-14-15-28-25(31)22-9-6-18(2)19(3)16-22/h4-13,16H,14-15H2,1-3H3,(H,27,30)(H,28,31)(H,29,32). The van der Waals surface area contributed by atoms with Crippen molar-refractivity contribution in [3.63, 3.8) is 0 Å². The van der Waals surface area contributed by atoms with Crippen molar-refractivity contribution < 1.29 is 14.4 Å². The molecule has 0 aliphatic carbocycles. The van der Waals surface area contributed by atoms with Gasteiger partial charge in [0.25, 0.3) is 17.7 Å². The zero-order valence-corrected chi connectivity index (χ0v) is 18.5. The van der Waals surface area contributed by atoms with Crippen molar-refractivity contribution in [1.82, 2.24) is 10.6 Å². The average Bonchev–Trinajstić information content (AvgIpc) is 2.79. The molecule has 0 aliphatic rings. The van der Waals surface area contributed by atoms with Crippen LogP contribution in [0.25, 0.3) is 0 Å². The number of amides is 3. The van der Waals surface area contributed by atoms with Crippen LogP contribution in [0, 0.1) is 20.8 Å². The molecule has 164 valence electrons. The first-order valence-corrected chi connectivity index (χ1v) is 10.5. The predicted molar refractivity (Wildman–Crippen MR) is 126 cm³/mol. The van der Waals surface area contributed by atoms with Gasteiger partial charge in [0.2, 0.25) is 0 Å². The Labute approximate surface area is 188 Å². The van der Waals surface area contributed by atoms with E-state index in [2.05, 4.69) is 16.0 Å². The van der Waals surface area contributed by atoms with Crippen LogP contribution in [-0.4, -0.2) is 30.8 Å². The lowest BCUT2D eigenvalue weighted by atomic mass is 10.1. The second kappa shape index (κ2) is 10.4. The lowest BCUT2D eigenvalue weighted by Gasteiger charge is -2.09. The summed E-state index contributed by atoms with van der Waals surface area (Å²) in [4.78, 5) is 36.8. The zero-order valence-electron chi connectivity index (χ0n) is 18.5. The van der Waals surface area contributed by atoms with E-state index < -0.39 is 0 Å². The van der Waals surface area contributed by atoms with Crippen LogP contribution < -0.4 is 16.0 Å². The van der Waals surface area contributed by atoms with Crippen LogP contribution in [0.2, 0.25) is 0 Å². The Balaban J connectivity index is 1.45. The van der Waals surface area contributed by atoms with Crippen LogP contribution in [0.4, 0.5) is 5.69 Å². The summed E-state index contributed by atoms with van der Waals surface area (Å²) in [6.07, 6.45) is 0. The Morgan fingerprint density at radius 3 is 1.69 bits per heavy atom. The van der Waals surface area contributed by atoms with E-state index in [9.17, 15) is 14.4 Å². The highest BCUT2D eigenvalue weighted by Gasteiger charge is 2.09. The molecule has 0 saturated heterocycles. The number of anilines is 1. The Kier molecular flexibility index (Phi) is 7.39. The van der Waals surface area contributed by atoms with Gasteiger partial charge in [0.1, 0.15) is 0 Å². The molecule has 6 nitrogen and oxygen atoms in total. The Morgan fingerprint density at radius 1 is 0.594 bits per heavy atom. The third-order valence-electron chi connectivity index (χ3n) is 5.18. The largest absolute Gasteiger partial charge is 0.350 e. The normalized spacial score (nSPS) is 10.3. The van der Waals surface area contributed by atoms with E-state index in [-0.39, 0.29) is 17.7 Å². The maximum absolute atomic E-state index is 12.3. The van der Waals surface area contributed by atoms with Crippen molar-refractivity contribution in [1.29, 1.82) is 0 Å². The summed E-state index contributed by atoms with van der Waals surface area (Å²) in [6.45, 7) is 6.55. The topological polar surface area (TPSA) is 87.3 Å². The molecule has 0 radical (unpaired) electrons. The van der Waals surface area contributed by atoms with Crippen LogP contribution >= 0.6 is 0 Å². The highest BCUT2D eigenvalue weighted by atomic mass is 16.2. The van der Waals surface area contributed by atoms with E-state index in [1.54, 1.807) is 42.5 Å². The van der Waals surface area contributed by atoms with Crippen molar-refractivity contribution >= 4 is 23.4 Å². The van der Waals surface area contributed by atoms with Gasteiger partial charge in [-0.3, -0.25) is 14.4 Å². The SMILES string of the molecule is Cc1ccc(C(=O)Nc2ccc(C(=O)NCCNC(=O)c3ccc(C)c(C)c3)cc2)cc1. The number of carbonyl (C=O) groups is 3. The van der Waals surface area contributed by atoms with Gasteiger partial charge < -0.3 is 16.0 Å². The lowest BCUT2D eigenvalue weighted by molar-refractivity contribution is 0.0927. The van der Waals surface area contributed by atoms with Crippen molar-refractivity contribution in [2.75, 3.05) is 18.4 Å². The Bertz CT molecular complexity index is 1120. The molecule has 6 heteroatoms. The second-order valence-corrected chi connectivity index (χ2v) is 7.71. The Morgan fingerprint density at radius 2 is 1.09 bits per heavy atom. The highest BCUT2D eigenvalue weighted by molar-refractivity contribution is 6.04. The molecule has 0 heterocycles. The van der Waals surface area contributed by atoms with E-state index in [1.807, 2.05) is 45.0 Å². The minimum Gasteiger partial charge on any atom is -0.350 e. The van der Waals surface area contributed by atoms with Gasteiger partial charge in [0.05, 0.1) is 0 Å². The minimum atomic E-state index is -0.248. The fourth-order valence-electron chi connectivity index (χ4n) is 3.05. The summed E-state index contributed by atoms with van der Waals surface area (Å²) in [5.41, 5.74) is 5.52. The summed E-state index contributed by atoms with van der Waals surface area (Å²) < 4.78 is 0. The van der Waals surface area contributed by atoms with Crippen molar-refractivity contribution in [2.24, 2.45) is 0 Å². The lowest BCUT2D eigenvalue weighted by Crippen LogP contribution is -2.34. The fraction of sp³-hybridized carbons (Fsp3) is 0.192. The van der Waals surface area contributed by atoms with Crippen LogP contribution in [0.3, 0.4) is 0 Å². The van der Waals surface area contributed by atoms with Crippen LogP contribution in [0.5, 0.6) is 0 Å². The maximum atomic E-state index is 12.3. The molecule has 0 aliphatic heterocycles. The number of benzene rings is 3. The van der Waals surface area contributed by atoms with E-state index in [0.717, 1.165) is 16.7 Å². The number of rotatable bonds is 7. The number of carbonyl (C=O) groups excluding carboxylic acids is 3. The summed E-state index contributed by atoms with van der Waals surface area (Å²) in [6, 6.07) is 19.5. The molecule has 0 unspecified atom stereocenters. The minimum absolute atomic E-state index is 0.170. The molecule has 3 amide bonds. The molecule has 0 bridgehead atoms. The summed E-state index contributed by atoms with van der Waals surface area (Å²) in [7, 11) is 0. The van der Waals surface area contributed by atoms with Gasteiger partial charge in [0.15, 0.2) is 0 Å². The van der Waals surface area contributed by atoms with Crippen molar-refractivity contribution in [3.05, 3.63) is 100 Å². The molecule has 0 saturated carbocycles. The van der Waals surface area contributed by atoms with Crippen LogP contribution in [-0.2, 0) is 0 Å². The van der Waals surface area contributed by atoms with Gasteiger partial charge in [-0.2, -0.15) is 0 Å². The average molecular weight is 430 g/mol. The molecule has 0 fully saturated rings. The quantitative estimate of drug-likeness (QED) is 0.496. The predicted octanol–water partition coefficient (Wildman–Crippen LogP) is 4.02. The third kappa shape index (κ3) is 6.04. The van der Waals surface area contributed by atoms with Gasteiger partial charge in [0, 0.05) is 35.5 Å². The summed E-state index contributed by atoms with van der Waals surface area (Å²) >= 11 is 0. The molecule has 3 aromatic carbocycles. The molecule has 3 N–H and O–H groups in total. The Hall–Kier alpha value is -3.93. The molecule has 0 aromatic heterocycles. The maximum Gasteiger partial charge on any atom is 0.255 e. The number of hydrogen-bond acceptors (Lipinski definition) is 3. The van der Waals surface area contributed by atoms with Crippen molar-refractivity contribution in [3.8, 4) is 0 Å². The van der Waals surface area contributed by atoms with Gasteiger partial charge in [-0.15, -0.1) is 0 Å². The van der Waals surface area contributed by atoms with Gasteiger partial charge >= 0.3 is 0 Å². The molecular weight excluding hydrogens is 402 g/mol. The van der Waals surface area contributed by atoms with Crippen LogP contribution in [0.15, 0.2) is 66.7 Å². The smallest absolute Gasteiger partial charge is 0.255 e. The molecular formula is C26H27N3O3. The van der Waals surface area contributed by atoms with Crippen LogP contribution in [0.1, 0.15) is 47.8 Å². The zero-order chi connectivity index (χ0) is 23.1. The first kappa shape index (κ1) is 22.7. The monoisotopic (exact) mass is 429 g/mol. The summed E-state index contributed by atoms with van der Waals surface area (Å²) in [5, 5.41) is 8.39. The number of nitrogens with one attached hydrogen (secondary N) is 3. The molecule has 32 heavy (non-hydrogen) atoms. The fourth-order valence-corrected chi connectivity index (χ4v) is 3.05. The van der Waals surface area contributed by atoms with Gasteiger partial charge in [-0.1, -0.05) is 23.8 Å². The molecule has 0 atom stereocenters. The van der Waals surface area contributed by atoms with Gasteiger partial charge in [-0.25, -0.2) is 0 Å². The molecule has 3 aromatic rings. The van der Waals surface area contributed by atoms with E-state index in [0.29, 0.717) is 35.5 Å². The van der Waals surface area contributed by atoms with E-state index in [1.165, 1.54) is 0 Å². The molecule has 0 spiro atoms. The highest BCUT2D eigenvalue weighted by Crippen LogP contribution is 2.12. The summed E-state index contributed by atoms with van der Waals surface area (Å²) in [5.74, 6) is -0.625. The first-order valence-electron chi connectivity index (χ1n) is 10.5. The number of hydrogen-bond donors (Lipinski definition) is 3. The number of aryl methyl sites for hydroxylation is 3. The van der Waals surface area contributed by atoms with E-state index >= 15 is 0 Å². The van der Waals surface area contributed by atoms with Gasteiger partial charge in [-0.05, 0) is 80.4 Å². The molecule has 3 rings (SSSR count). The van der Waals surface area contributed by atoms with E-state index in [4.69, 9.17) is 0 Å². The third-order valence-corrected chi connectivity index (χ3v) is 5.18. The second-order valence-electron chi connectivity index (χ2n) is 7.71.